The Morgan fingerprint density at radius 1 is 0.425 bits per heavy atom. The van der Waals surface area contributed by atoms with Crippen LogP contribution in [-0.2, 0) is 10.8 Å². The molecule has 6 rings (SSSR count). The normalized spacial score (nSPS) is 15.1. The van der Waals surface area contributed by atoms with Gasteiger partial charge in [0.2, 0.25) is 0 Å². The molecule has 0 radical (unpaired) electrons. The van der Waals surface area contributed by atoms with Crippen molar-refractivity contribution in [2.45, 2.75) is 66.2 Å². The SMILES string of the molecule is CC1=C(C)SC(=C2c3cc(-c4ccc(C(C)(C)C)cc4)ccc3-c3ccc(-c4ccc(C(C)(C)C)cc4)cc32)S1. The summed E-state index contributed by atoms with van der Waals surface area (Å²) >= 11 is 3.87. The number of benzene rings is 4. The molecule has 4 aromatic carbocycles. The smallest absolute Gasteiger partial charge is 0.0577 e. The van der Waals surface area contributed by atoms with Crippen molar-refractivity contribution in [3.05, 3.63) is 121 Å². The van der Waals surface area contributed by atoms with Crippen molar-refractivity contribution in [2.75, 3.05) is 0 Å². The monoisotopic (exact) mass is 558 g/mol. The Bertz CT molecular complexity index is 1560. The number of allylic oxidation sites excluding steroid dienone is 2. The fourth-order valence-corrected chi connectivity index (χ4v) is 8.22. The predicted octanol–water partition coefficient (Wildman–Crippen LogP) is 12.0. The maximum Gasteiger partial charge on any atom is 0.0577 e. The van der Waals surface area contributed by atoms with Crippen LogP contribution in [0.3, 0.4) is 0 Å². The summed E-state index contributed by atoms with van der Waals surface area (Å²) in [4.78, 5) is 2.82. The molecular formula is C38H38S2. The van der Waals surface area contributed by atoms with E-state index in [1.54, 1.807) is 0 Å². The van der Waals surface area contributed by atoms with E-state index in [2.05, 4.69) is 140 Å². The third kappa shape index (κ3) is 4.91. The van der Waals surface area contributed by atoms with Crippen LogP contribution < -0.4 is 0 Å². The van der Waals surface area contributed by atoms with Gasteiger partial charge in [0.05, 0.1) is 4.24 Å². The molecule has 2 aliphatic rings. The lowest BCUT2D eigenvalue weighted by Gasteiger charge is -2.19. The molecule has 0 nitrogen and oxygen atoms in total. The van der Waals surface area contributed by atoms with Crippen molar-refractivity contribution >= 4 is 29.1 Å². The van der Waals surface area contributed by atoms with Gasteiger partial charge >= 0.3 is 0 Å². The molecule has 40 heavy (non-hydrogen) atoms. The van der Waals surface area contributed by atoms with Gasteiger partial charge in [-0.3, -0.25) is 0 Å². The lowest BCUT2D eigenvalue weighted by atomic mass is 9.86. The predicted molar refractivity (Wildman–Crippen MR) is 180 cm³/mol. The van der Waals surface area contributed by atoms with Crippen molar-refractivity contribution < 1.29 is 0 Å². The average molecular weight is 559 g/mol. The maximum absolute atomic E-state index is 2.42. The third-order valence-electron chi connectivity index (χ3n) is 8.23. The van der Waals surface area contributed by atoms with Crippen molar-refractivity contribution in [3.63, 3.8) is 0 Å². The first kappa shape index (κ1) is 27.2. The van der Waals surface area contributed by atoms with Gasteiger partial charge in [-0.15, -0.1) is 0 Å². The van der Waals surface area contributed by atoms with Gasteiger partial charge in [-0.2, -0.15) is 0 Å². The molecule has 0 N–H and O–H groups in total. The van der Waals surface area contributed by atoms with Crippen molar-refractivity contribution in [3.8, 4) is 33.4 Å². The highest BCUT2D eigenvalue weighted by Gasteiger charge is 2.30. The fraction of sp³-hybridized carbons (Fsp3) is 0.263. The van der Waals surface area contributed by atoms with Crippen LogP contribution in [0.2, 0.25) is 0 Å². The molecule has 0 bridgehead atoms. The highest BCUT2D eigenvalue weighted by molar-refractivity contribution is 8.28. The molecule has 1 heterocycles. The lowest BCUT2D eigenvalue weighted by Crippen LogP contribution is -2.10. The van der Waals surface area contributed by atoms with Gasteiger partial charge in [0.25, 0.3) is 0 Å². The van der Waals surface area contributed by atoms with Crippen molar-refractivity contribution in [2.24, 2.45) is 0 Å². The highest BCUT2D eigenvalue weighted by Crippen LogP contribution is 2.57. The Kier molecular flexibility index (Phi) is 6.71. The topological polar surface area (TPSA) is 0 Å². The minimum absolute atomic E-state index is 0.153. The molecule has 1 aliphatic carbocycles. The zero-order valence-corrected chi connectivity index (χ0v) is 26.5. The van der Waals surface area contributed by atoms with Crippen LogP contribution in [0.4, 0.5) is 0 Å². The molecule has 0 saturated heterocycles. The van der Waals surface area contributed by atoms with Gasteiger partial charge in [0.15, 0.2) is 0 Å². The zero-order chi connectivity index (χ0) is 28.4. The fourth-order valence-electron chi connectivity index (χ4n) is 5.57. The van der Waals surface area contributed by atoms with E-state index in [4.69, 9.17) is 0 Å². The summed E-state index contributed by atoms with van der Waals surface area (Å²) in [6, 6.07) is 32.4. The van der Waals surface area contributed by atoms with Crippen molar-refractivity contribution in [1.29, 1.82) is 0 Å². The summed E-state index contributed by atoms with van der Waals surface area (Å²) in [5.74, 6) is 0. The Balaban J connectivity index is 1.46. The molecule has 0 fully saturated rings. The largest absolute Gasteiger partial charge is 0.0860 e. The van der Waals surface area contributed by atoms with E-state index in [1.165, 1.54) is 75.3 Å². The molecule has 0 unspecified atom stereocenters. The lowest BCUT2D eigenvalue weighted by molar-refractivity contribution is 0.590. The Hall–Kier alpha value is -2.94. The molecule has 2 heteroatoms. The number of rotatable bonds is 2. The average Bonchev–Trinajstić information content (AvgIpc) is 3.42. The van der Waals surface area contributed by atoms with Crippen LogP contribution >= 0.6 is 23.5 Å². The van der Waals surface area contributed by atoms with Gasteiger partial charge in [0.1, 0.15) is 0 Å². The van der Waals surface area contributed by atoms with E-state index in [1.807, 2.05) is 23.5 Å². The number of hydrogen-bond donors (Lipinski definition) is 0. The van der Waals surface area contributed by atoms with Gasteiger partial charge in [-0.05, 0) is 102 Å². The summed E-state index contributed by atoms with van der Waals surface area (Å²) in [5.41, 5.74) is 14.9. The van der Waals surface area contributed by atoms with Crippen LogP contribution in [0.25, 0.3) is 39.0 Å². The van der Waals surface area contributed by atoms with E-state index < -0.39 is 0 Å². The summed E-state index contributed by atoms with van der Waals surface area (Å²) < 4.78 is 1.40. The van der Waals surface area contributed by atoms with Gasteiger partial charge in [0, 0.05) is 5.57 Å². The molecule has 0 spiro atoms. The van der Waals surface area contributed by atoms with E-state index >= 15 is 0 Å². The second kappa shape index (κ2) is 9.86. The Morgan fingerprint density at radius 2 is 0.775 bits per heavy atom. The first-order valence-corrected chi connectivity index (χ1v) is 15.8. The molecular weight excluding hydrogens is 521 g/mol. The molecule has 202 valence electrons. The molecule has 0 saturated carbocycles. The number of hydrogen-bond acceptors (Lipinski definition) is 2. The van der Waals surface area contributed by atoms with E-state index in [0.717, 1.165) is 0 Å². The van der Waals surface area contributed by atoms with Gasteiger partial charge in [-0.25, -0.2) is 0 Å². The van der Waals surface area contributed by atoms with Crippen LogP contribution in [-0.4, -0.2) is 0 Å². The minimum Gasteiger partial charge on any atom is -0.0860 e. The molecule has 0 aromatic heterocycles. The van der Waals surface area contributed by atoms with Crippen LogP contribution in [0.1, 0.15) is 77.6 Å². The van der Waals surface area contributed by atoms with Crippen molar-refractivity contribution in [1.82, 2.24) is 0 Å². The second-order valence-corrected chi connectivity index (χ2v) is 15.9. The summed E-state index contributed by atoms with van der Waals surface area (Å²) in [6.45, 7) is 18.1. The molecule has 1 aliphatic heterocycles. The van der Waals surface area contributed by atoms with E-state index in [9.17, 15) is 0 Å². The Labute approximate surface area is 249 Å². The summed E-state index contributed by atoms with van der Waals surface area (Å²) in [5, 5.41) is 0. The van der Waals surface area contributed by atoms with Crippen LogP contribution in [0, 0.1) is 0 Å². The second-order valence-electron chi connectivity index (χ2n) is 13.2. The molecule has 0 amide bonds. The first-order valence-electron chi connectivity index (χ1n) is 14.2. The van der Waals surface area contributed by atoms with Gasteiger partial charge in [-0.1, -0.05) is 138 Å². The third-order valence-corrected chi connectivity index (χ3v) is 10.9. The molecule has 4 aromatic rings. The van der Waals surface area contributed by atoms with Crippen LogP contribution in [0.15, 0.2) is 99.0 Å². The summed E-state index contributed by atoms with van der Waals surface area (Å²) in [6.07, 6.45) is 0. The number of thioether (sulfide) groups is 2. The van der Waals surface area contributed by atoms with Crippen LogP contribution in [0.5, 0.6) is 0 Å². The zero-order valence-electron chi connectivity index (χ0n) is 24.9. The Morgan fingerprint density at radius 3 is 1.12 bits per heavy atom. The highest BCUT2D eigenvalue weighted by atomic mass is 32.2. The minimum atomic E-state index is 0.153. The number of fused-ring (bicyclic) bond motifs is 3. The maximum atomic E-state index is 2.42. The quantitative estimate of drug-likeness (QED) is 0.211. The standard InChI is InChI=1S/C38H38S2/c1-23-24(2)40-36(39-23)35-33-21-27(25-9-15-29(16-10-25)37(3,4)5)13-19-31(33)32-20-14-28(22-34(32)35)26-11-17-30(18-12-26)38(6,7)8/h9-22H,1-8H3. The van der Waals surface area contributed by atoms with E-state index in [-0.39, 0.29) is 10.8 Å². The first-order chi connectivity index (χ1) is 18.9. The summed E-state index contributed by atoms with van der Waals surface area (Å²) in [7, 11) is 0. The van der Waals surface area contributed by atoms with Gasteiger partial charge < -0.3 is 0 Å². The molecule has 0 atom stereocenters. The van der Waals surface area contributed by atoms with E-state index in [0.29, 0.717) is 0 Å².